The molecule has 0 unspecified atom stereocenters. The molecule has 0 rings (SSSR count). The number of carbonyl (C=O) groups excluding carboxylic acids is 1. The molecule has 0 aromatic rings. The summed E-state index contributed by atoms with van der Waals surface area (Å²) >= 11 is 0. The van der Waals surface area contributed by atoms with Crippen molar-refractivity contribution in [2.45, 2.75) is 44.9 Å². The molecule has 0 heterocycles. The van der Waals surface area contributed by atoms with Gasteiger partial charge in [-0.1, -0.05) is 25.3 Å². The van der Waals surface area contributed by atoms with Gasteiger partial charge in [0.25, 0.3) is 0 Å². The van der Waals surface area contributed by atoms with Crippen molar-refractivity contribution in [3.8, 4) is 0 Å². The molecule has 0 N–H and O–H groups in total. The minimum atomic E-state index is -0.347. The fraction of sp³-hybridized carbons (Fsp3) is 0.571. The van der Waals surface area contributed by atoms with Gasteiger partial charge in [-0.15, -0.1) is 12.3 Å². The summed E-state index contributed by atoms with van der Waals surface area (Å²) in [6.45, 7) is 3.70. The number of rotatable bonds is 9. The van der Waals surface area contributed by atoms with Crippen LogP contribution in [-0.2, 0) is 9.53 Å². The predicted octanol–water partition coefficient (Wildman–Crippen LogP) is 3.79. The number of hydrogen-bond donors (Lipinski definition) is 0. The maximum absolute atomic E-state index is 10.7. The number of methoxy groups -OCH3 is 1. The first-order valence-corrected chi connectivity index (χ1v) is 5.91. The van der Waals surface area contributed by atoms with Crippen LogP contribution in [-0.4, -0.2) is 13.1 Å². The molecular formula is C14H22O2. The predicted molar refractivity (Wildman–Crippen MR) is 67.2 cm³/mol. The number of unbranched alkanes of at least 4 members (excludes halogenated alkanes) is 6. The fourth-order valence-corrected chi connectivity index (χ4v) is 1.33. The van der Waals surface area contributed by atoms with Crippen molar-refractivity contribution in [2.24, 2.45) is 0 Å². The zero-order chi connectivity index (χ0) is 12.1. The Morgan fingerprint density at radius 3 is 2.44 bits per heavy atom. The van der Waals surface area contributed by atoms with Gasteiger partial charge in [0, 0.05) is 0 Å². The smallest absolute Gasteiger partial charge is 0.338 e. The van der Waals surface area contributed by atoms with Crippen LogP contribution in [0, 0.1) is 0 Å². The standard InChI is InChI=1S/C14H22O2/c1-3-4-5-6-7-8-9-10-11-12-13-14(15)16-2/h3,11,13H,1,4-10H2,2H3. The van der Waals surface area contributed by atoms with Crippen molar-refractivity contribution in [1.29, 1.82) is 0 Å². The lowest BCUT2D eigenvalue weighted by molar-refractivity contribution is -0.134. The van der Waals surface area contributed by atoms with Gasteiger partial charge >= 0.3 is 5.97 Å². The Morgan fingerprint density at radius 1 is 1.19 bits per heavy atom. The summed E-state index contributed by atoms with van der Waals surface area (Å²) in [5.74, 6) is -0.347. The summed E-state index contributed by atoms with van der Waals surface area (Å²) in [5, 5.41) is 0. The molecule has 16 heavy (non-hydrogen) atoms. The van der Waals surface area contributed by atoms with E-state index in [2.05, 4.69) is 17.0 Å². The van der Waals surface area contributed by atoms with Crippen LogP contribution < -0.4 is 0 Å². The highest BCUT2D eigenvalue weighted by molar-refractivity contribution is 5.81. The third kappa shape index (κ3) is 10.8. The molecule has 2 heteroatoms. The van der Waals surface area contributed by atoms with Crippen LogP contribution in [0.2, 0.25) is 0 Å². The lowest BCUT2D eigenvalue weighted by atomic mass is 10.1. The monoisotopic (exact) mass is 222 g/mol. The number of hydrogen-bond acceptors (Lipinski definition) is 2. The molecule has 2 nitrogen and oxygen atoms in total. The van der Waals surface area contributed by atoms with Crippen LogP contribution in [0.1, 0.15) is 44.9 Å². The summed E-state index contributed by atoms with van der Waals surface area (Å²) in [7, 11) is 1.36. The van der Waals surface area contributed by atoms with Crippen molar-refractivity contribution in [3.05, 3.63) is 30.5 Å². The highest BCUT2D eigenvalue weighted by Gasteiger charge is 1.89. The van der Waals surface area contributed by atoms with E-state index in [0.717, 1.165) is 19.3 Å². The van der Waals surface area contributed by atoms with Crippen LogP contribution in [0.25, 0.3) is 0 Å². The van der Waals surface area contributed by atoms with Crippen molar-refractivity contribution in [1.82, 2.24) is 0 Å². The minimum Gasteiger partial charge on any atom is -0.465 e. The first-order valence-electron chi connectivity index (χ1n) is 5.91. The van der Waals surface area contributed by atoms with E-state index in [-0.39, 0.29) is 5.97 Å². The summed E-state index contributed by atoms with van der Waals surface area (Å²) in [6.07, 6.45) is 13.5. The highest BCUT2D eigenvalue weighted by atomic mass is 16.5. The van der Waals surface area contributed by atoms with Crippen LogP contribution in [0.5, 0.6) is 0 Å². The summed E-state index contributed by atoms with van der Waals surface area (Å²) < 4.78 is 4.45. The minimum absolute atomic E-state index is 0.347. The topological polar surface area (TPSA) is 26.3 Å². The van der Waals surface area contributed by atoms with E-state index in [9.17, 15) is 4.79 Å². The van der Waals surface area contributed by atoms with Gasteiger partial charge in [-0.05, 0) is 31.8 Å². The summed E-state index contributed by atoms with van der Waals surface area (Å²) in [4.78, 5) is 10.7. The summed E-state index contributed by atoms with van der Waals surface area (Å²) in [5.41, 5.74) is 2.81. The first kappa shape index (κ1) is 14.7. The molecule has 0 aromatic carbocycles. The Hall–Kier alpha value is -1.27. The van der Waals surface area contributed by atoms with Crippen LogP contribution >= 0.6 is 0 Å². The Morgan fingerprint density at radius 2 is 1.81 bits per heavy atom. The average Bonchev–Trinajstić information content (AvgIpc) is 2.31. The van der Waals surface area contributed by atoms with Gasteiger partial charge < -0.3 is 4.74 Å². The molecule has 0 radical (unpaired) electrons. The molecule has 0 aliphatic heterocycles. The third-order valence-corrected chi connectivity index (χ3v) is 2.28. The lowest BCUT2D eigenvalue weighted by Crippen LogP contribution is -1.92. The second-order valence-electron chi connectivity index (χ2n) is 3.67. The van der Waals surface area contributed by atoms with Gasteiger partial charge in [0.2, 0.25) is 0 Å². The van der Waals surface area contributed by atoms with Gasteiger partial charge in [-0.2, -0.15) is 0 Å². The first-order chi connectivity index (χ1) is 7.81. The molecule has 0 aliphatic rings. The quantitative estimate of drug-likeness (QED) is 0.195. The van der Waals surface area contributed by atoms with Crippen molar-refractivity contribution in [2.75, 3.05) is 7.11 Å². The molecule has 0 bridgehead atoms. The lowest BCUT2D eigenvalue weighted by Gasteiger charge is -1.97. The van der Waals surface area contributed by atoms with Crippen molar-refractivity contribution < 1.29 is 9.53 Å². The second-order valence-corrected chi connectivity index (χ2v) is 3.67. The van der Waals surface area contributed by atoms with Gasteiger partial charge in [-0.25, -0.2) is 4.79 Å². The number of allylic oxidation sites excluding steroid dienone is 1. The Bertz CT molecular complexity index is 247. The van der Waals surface area contributed by atoms with Crippen LogP contribution in [0.3, 0.4) is 0 Å². The average molecular weight is 222 g/mol. The Labute approximate surface area is 98.7 Å². The summed E-state index contributed by atoms with van der Waals surface area (Å²) in [6, 6.07) is 0. The van der Waals surface area contributed by atoms with Gasteiger partial charge in [0.05, 0.1) is 13.2 Å². The largest absolute Gasteiger partial charge is 0.465 e. The van der Waals surface area contributed by atoms with Crippen molar-refractivity contribution in [3.63, 3.8) is 0 Å². The maximum atomic E-state index is 10.7. The van der Waals surface area contributed by atoms with E-state index in [1.165, 1.54) is 38.9 Å². The van der Waals surface area contributed by atoms with Crippen molar-refractivity contribution >= 4 is 5.97 Å². The SMILES string of the molecule is C=CCCCCCCCC=C=CC(=O)OC. The normalized spacial score (nSPS) is 9.06. The van der Waals surface area contributed by atoms with E-state index < -0.39 is 0 Å². The zero-order valence-electron chi connectivity index (χ0n) is 10.2. The molecular weight excluding hydrogens is 200 g/mol. The molecule has 0 atom stereocenters. The second kappa shape index (κ2) is 11.8. The molecule has 0 saturated carbocycles. The molecule has 0 fully saturated rings. The zero-order valence-corrected chi connectivity index (χ0v) is 10.2. The van der Waals surface area contributed by atoms with Crippen LogP contribution in [0.4, 0.5) is 0 Å². The maximum Gasteiger partial charge on any atom is 0.338 e. The fourth-order valence-electron chi connectivity index (χ4n) is 1.33. The molecule has 0 aliphatic carbocycles. The Kier molecular flexibility index (Phi) is 10.9. The molecule has 90 valence electrons. The number of esters is 1. The van der Waals surface area contributed by atoms with E-state index in [1.54, 1.807) is 0 Å². The molecule has 0 saturated heterocycles. The van der Waals surface area contributed by atoms with Gasteiger partial charge in [-0.3, -0.25) is 0 Å². The van der Waals surface area contributed by atoms with E-state index in [1.807, 2.05) is 12.2 Å². The third-order valence-electron chi connectivity index (χ3n) is 2.28. The number of ether oxygens (including phenoxy) is 1. The highest BCUT2D eigenvalue weighted by Crippen LogP contribution is 2.07. The molecule has 0 spiro atoms. The van der Waals surface area contributed by atoms with E-state index in [0.29, 0.717) is 0 Å². The van der Waals surface area contributed by atoms with Gasteiger partial charge in [0.15, 0.2) is 0 Å². The van der Waals surface area contributed by atoms with E-state index >= 15 is 0 Å². The molecule has 0 amide bonds. The van der Waals surface area contributed by atoms with E-state index in [4.69, 9.17) is 0 Å². The number of carbonyl (C=O) groups is 1. The Balaban J connectivity index is 3.29. The molecule has 0 aromatic heterocycles. The van der Waals surface area contributed by atoms with Crippen LogP contribution in [0.15, 0.2) is 30.5 Å². The van der Waals surface area contributed by atoms with Gasteiger partial charge in [0.1, 0.15) is 0 Å².